The Hall–Kier alpha value is -1.84. The zero-order valence-corrected chi connectivity index (χ0v) is 9.48. The largest absolute Gasteiger partial charge is 0.478 e. The highest BCUT2D eigenvalue weighted by Crippen LogP contribution is 2.20. The van der Waals surface area contributed by atoms with Gasteiger partial charge in [0.2, 0.25) is 6.10 Å². The van der Waals surface area contributed by atoms with E-state index in [1.54, 1.807) is 12.1 Å². The molecule has 0 saturated carbocycles. The molecular weight excluding hydrogens is 208 g/mol. The number of esters is 1. The molecule has 0 aliphatic heterocycles. The van der Waals surface area contributed by atoms with Crippen molar-refractivity contribution >= 4 is 11.9 Å². The van der Waals surface area contributed by atoms with Crippen LogP contribution in [0.15, 0.2) is 18.2 Å². The predicted molar refractivity (Wildman–Crippen MR) is 58.1 cm³/mol. The standard InChI is InChI=1S/C12H14O4/c1-7-4-8(2)6-10(5-7)11(12(14)15)16-9(3)13/h4-6,11H,1-3H3,(H,14,15). The maximum absolute atomic E-state index is 11.0. The van der Waals surface area contributed by atoms with Crippen LogP contribution in [0.25, 0.3) is 0 Å². The Balaban J connectivity index is 3.10. The first-order chi connectivity index (χ1) is 7.40. The number of aryl methyl sites for hydroxylation is 2. The highest BCUT2D eigenvalue weighted by atomic mass is 16.6. The van der Waals surface area contributed by atoms with E-state index in [9.17, 15) is 9.59 Å². The zero-order chi connectivity index (χ0) is 12.3. The number of ether oxygens (including phenoxy) is 1. The van der Waals surface area contributed by atoms with E-state index in [0.29, 0.717) is 5.56 Å². The van der Waals surface area contributed by atoms with Crippen LogP contribution in [-0.4, -0.2) is 17.0 Å². The van der Waals surface area contributed by atoms with Gasteiger partial charge in [-0.1, -0.05) is 29.3 Å². The van der Waals surface area contributed by atoms with Gasteiger partial charge in [0.15, 0.2) is 0 Å². The van der Waals surface area contributed by atoms with Crippen LogP contribution in [-0.2, 0) is 14.3 Å². The van der Waals surface area contributed by atoms with Gasteiger partial charge in [0.05, 0.1) is 0 Å². The third kappa shape index (κ3) is 3.08. The minimum Gasteiger partial charge on any atom is -0.478 e. The summed E-state index contributed by atoms with van der Waals surface area (Å²) in [4.78, 5) is 21.8. The number of hydrogen-bond acceptors (Lipinski definition) is 3. The molecule has 0 fully saturated rings. The van der Waals surface area contributed by atoms with Gasteiger partial charge in [0.1, 0.15) is 0 Å². The molecule has 1 atom stereocenters. The molecule has 0 amide bonds. The maximum atomic E-state index is 11.0. The monoisotopic (exact) mass is 222 g/mol. The van der Waals surface area contributed by atoms with Gasteiger partial charge in [-0.2, -0.15) is 0 Å². The molecule has 0 radical (unpaired) electrons. The summed E-state index contributed by atoms with van der Waals surface area (Å²) in [5, 5.41) is 8.98. The van der Waals surface area contributed by atoms with Gasteiger partial charge in [-0.15, -0.1) is 0 Å². The molecule has 4 nitrogen and oxygen atoms in total. The van der Waals surface area contributed by atoms with E-state index in [1.807, 2.05) is 19.9 Å². The molecule has 4 heteroatoms. The third-order valence-corrected chi connectivity index (χ3v) is 2.05. The summed E-state index contributed by atoms with van der Waals surface area (Å²) in [5.74, 6) is -1.77. The second-order valence-electron chi connectivity index (χ2n) is 3.75. The molecule has 0 bridgehead atoms. The highest BCUT2D eigenvalue weighted by molar-refractivity contribution is 5.78. The van der Waals surface area contributed by atoms with Crippen molar-refractivity contribution in [2.45, 2.75) is 26.9 Å². The van der Waals surface area contributed by atoms with E-state index in [-0.39, 0.29) is 0 Å². The minimum absolute atomic E-state index is 0.486. The van der Waals surface area contributed by atoms with Crippen LogP contribution in [0.2, 0.25) is 0 Å². The molecule has 0 aromatic heterocycles. The van der Waals surface area contributed by atoms with E-state index >= 15 is 0 Å². The molecule has 0 heterocycles. The fourth-order valence-electron chi connectivity index (χ4n) is 1.59. The Morgan fingerprint density at radius 1 is 1.19 bits per heavy atom. The summed E-state index contributed by atoms with van der Waals surface area (Å²) >= 11 is 0. The predicted octanol–water partition coefficient (Wildman–Crippen LogP) is 1.99. The number of benzene rings is 1. The van der Waals surface area contributed by atoms with Gasteiger partial charge in [0.25, 0.3) is 0 Å². The van der Waals surface area contributed by atoms with Crippen molar-refractivity contribution in [1.82, 2.24) is 0 Å². The lowest BCUT2D eigenvalue weighted by atomic mass is 10.0. The SMILES string of the molecule is CC(=O)OC(C(=O)O)c1cc(C)cc(C)c1. The fourth-order valence-corrected chi connectivity index (χ4v) is 1.59. The second-order valence-corrected chi connectivity index (χ2v) is 3.75. The molecule has 1 aromatic rings. The molecule has 1 aromatic carbocycles. The molecule has 1 N–H and O–H groups in total. The Morgan fingerprint density at radius 3 is 2.06 bits per heavy atom. The van der Waals surface area contributed by atoms with E-state index in [0.717, 1.165) is 11.1 Å². The number of carboxylic acid groups (broad SMARTS) is 1. The second kappa shape index (κ2) is 4.79. The van der Waals surface area contributed by atoms with Crippen LogP contribution < -0.4 is 0 Å². The first-order valence-electron chi connectivity index (χ1n) is 4.88. The average molecular weight is 222 g/mol. The van der Waals surface area contributed by atoms with Gasteiger partial charge in [-0.3, -0.25) is 4.79 Å². The smallest absolute Gasteiger partial charge is 0.349 e. The molecule has 86 valence electrons. The summed E-state index contributed by atoms with van der Waals surface area (Å²) in [6, 6.07) is 5.33. The molecule has 0 saturated heterocycles. The minimum atomic E-state index is -1.23. The average Bonchev–Trinajstić information content (AvgIpc) is 2.11. The summed E-state index contributed by atoms with van der Waals surface area (Å²) in [6.45, 7) is 4.92. The van der Waals surface area contributed by atoms with Gasteiger partial charge in [-0.05, 0) is 13.8 Å². The van der Waals surface area contributed by atoms with Crippen LogP contribution in [0.4, 0.5) is 0 Å². The lowest BCUT2D eigenvalue weighted by Crippen LogP contribution is -2.18. The van der Waals surface area contributed by atoms with Crippen molar-refractivity contribution in [3.05, 3.63) is 34.9 Å². The van der Waals surface area contributed by atoms with Gasteiger partial charge >= 0.3 is 11.9 Å². The van der Waals surface area contributed by atoms with Crippen LogP contribution in [0, 0.1) is 13.8 Å². The topological polar surface area (TPSA) is 63.6 Å². The third-order valence-electron chi connectivity index (χ3n) is 2.05. The van der Waals surface area contributed by atoms with Gasteiger partial charge in [-0.25, -0.2) is 4.79 Å². The summed E-state index contributed by atoms with van der Waals surface area (Å²) < 4.78 is 4.77. The number of aliphatic carboxylic acids is 1. The normalized spacial score (nSPS) is 11.9. The van der Waals surface area contributed by atoms with Gasteiger partial charge < -0.3 is 9.84 Å². The van der Waals surface area contributed by atoms with Gasteiger partial charge in [0, 0.05) is 12.5 Å². The summed E-state index contributed by atoms with van der Waals surface area (Å²) in [5.41, 5.74) is 2.36. The van der Waals surface area contributed by atoms with Crippen LogP contribution in [0.1, 0.15) is 29.7 Å². The first-order valence-corrected chi connectivity index (χ1v) is 4.88. The fraction of sp³-hybridized carbons (Fsp3) is 0.333. The zero-order valence-electron chi connectivity index (χ0n) is 9.48. The van der Waals surface area contributed by atoms with E-state index in [4.69, 9.17) is 9.84 Å². The van der Waals surface area contributed by atoms with Crippen LogP contribution >= 0.6 is 0 Å². The number of rotatable bonds is 3. The Labute approximate surface area is 93.9 Å². The lowest BCUT2D eigenvalue weighted by molar-refractivity contribution is -0.163. The quantitative estimate of drug-likeness (QED) is 0.794. The van der Waals surface area contributed by atoms with E-state index in [1.165, 1.54) is 6.92 Å². The van der Waals surface area contributed by atoms with E-state index < -0.39 is 18.0 Å². The Kier molecular flexibility index (Phi) is 3.66. The van der Waals surface area contributed by atoms with Crippen LogP contribution in [0.3, 0.4) is 0 Å². The Bertz CT molecular complexity index is 403. The molecular formula is C12H14O4. The van der Waals surface area contributed by atoms with Crippen LogP contribution in [0.5, 0.6) is 0 Å². The number of carboxylic acids is 1. The molecule has 0 aliphatic carbocycles. The van der Waals surface area contributed by atoms with Crippen molar-refractivity contribution in [2.24, 2.45) is 0 Å². The molecule has 1 unspecified atom stereocenters. The van der Waals surface area contributed by atoms with Crippen molar-refractivity contribution in [1.29, 1.82) is 0 Å². The first kappa shape index (κ1) is 12.2. The Morgan fingerprint density at radius 2 is 1.69 bits per heavy atom. The molecule has 16 heavy (non-hydrogen) atoms. The number of carbonyl (C=O) groups excluding carboxylic acids is 1. The maximum Gasteiger partial charge on any atom is 0.349 e. The summed E-state index contributed by atoms with van der Waals surface area (Å²) in [7, 11) is 0. The number of carbonyl (C=O) groups is 2. The molecule has 0 spiro atoms. The van der Waals surface area contributed by atoms with Crippen molar-refractivity contribution in [3.63, 3.8) is 0 Å². The van der Waals surface area contributed by atoms with Crippen molar-refractivity contribution < 1.29 is 19.4 Å². The highest BCUT2D eigenvalue weighted by Gasteiger charge is 2.23. The number of hydrogen-bond donors (Lipinski definition) is 1. The lowest BCUT2D eigenvalue weighted by Gasteiger charge is -2.14. The van der Waals surface area contributed by atoms with Crippen molar-refractivity contribution in [3.8, 4) is 0 Å². The molecule has 1 rings (SSSR count). The summed E-state index contributed by atoms with van der Waals surface area (Å²) in [6.07, 6.45) is -1.23. The van der Waals surface area contributed by atoms with E-state index in [2.05, 4.69) is 0 Å². The molecule has 0 aliphatic rings. The van der Waals surface area contributed by atoms with Crippen molar-refractivity contribution in [2.75, 3.05) is 0 Å².